The van der Waals surface area contributed by atoms with Crippen LogP contribution in [0.3, 0.4) is 0 Å². The number of halogens is 1. The second-order valence-electron chi connectivity index (χ2n) is 1.61. The second-order valence-corrected chi connectivity index (χ2v) is 3.17. The summed E-state index contributed by atoms with van der Waals surface area (Å²) in [4.78, 5) is 0.544. The maximum absolute atomic E-state index is 4.88. The van der Waals surface area contributed by atoms with Crippen LogP contribution in [0, 0.1) is 0 Å². The lowest BCUT2D eigenvalue weighted by atomic mass is 10.4. The van der Waals surface area contributed by atoms with Gasteiger partial charge in [-0.05, 0) is 6.42 Å². The first-order valence-corrected chi connectivity index (χ1v) is 3.55. The molecule has 0 N–H and O–H groups in total. The molecule has 0 heterocycles. The Morgan fingerprint density at radius 1 is 1.88 bits per heavy atom. The third-order valence-corrected chi connectivity index (χ3v) is 1.21. The Morgan fingerprint density at radius 2 is 2.50 bits per heavy atom. The van der Waals surface area contributed by atoms with E-state index in [1.54, 1.807) is 0 Å². The monoisotopic (exact) mass is 178 g/mol. The van der Waals surface area contributed by atoms with E-state index in [2.05, 4.69) is 29.4 Å². The quantitative estimate of drug-likeness (QED) is 0.365. The largest absolute Gasteiger partial charge is 0.502 e. The van der Waals surface area contributed by atoms with Crippen molar-refractivity contribution in [1.29, 1.82) is 0 Å². The van der Waals surface area contributed by atoms with Crippen molar-refractivity contribution in [3.63, 3.8) is 0 Å². The molecule has 1 unspecified atom stereocenters. The van der Waals surface area contributed by atoms with Gasteiger partial charge in [0.2, 0.25) is 0 Å². The summed E-state index contributed by atoms with van der Waals surface area (Å²) in [7, 11) is 0. The van der Waals surface area contributed by atoms with Crippen LogP contribution in [0.2, 0.25) is 0 Å². The lowest BCUT2D eigenvalue weighted by Gasteiger charge is -2.00. The van der Waals surface area contributed by atoms with Crippen LogP contribution in [0.25, 0.3) is 0 Å². The van der Waals surface area contributed by atoms with Gasteiger partial charge in [0.25, 0.3) is 0 Å². The summed E-state index contributed by atoms with van der Waals surface area (Å²) in [5.74, 6) is 0. The van der Waals surface area contributed by atoms with Gasteiger partial charge in [-0.2, -0.15) is 0 Å². The van der Waals surface area contributed by atoms with Crippen molar-refractivity contribution < 1.29 is 4.74 Å². The molecule has 0 saturated heterocycles. The van der Waals surface area contributed by atoms with E-state index in [4.69, 9.17) is 4.74 Å². The fourth-order valence-electron chi connectivity index (χ4n) is 0.314. The average Bonchev–Trinajstić information content (AvgIpc) is 1.66. The van der Waals surface area contributed by atoms with E-state index in [1.165, 1.54) is 6.26 Å². The smallest absolute Gasteiger partial charge is 0.0883 e. The van der Waals surface area contributed by atoms with Crippen molar-refractivity contribution in [2.24, 2.45) is 0 Å². The highest BCUT2D eigenvalue weighted by Gasteiger charge is 1.92. The lowest BCUT2D eigenvalue weighted by Crippen LogP contribution is -1.95. The molecule has 0 aliphatic rings. The van der Waals surface area contributed by atoms with E-state index in [0.29, 0.717) is 4.83 Å². The molecule has 0 bridgehead atoms. The molecule has 0 saturated carbocycles. The molecule has 0 aromatic heterocycles. The minimum Gasteiger partial charge on any atom is -0.502 e. The van der Waals surface area contributed by atoms with Crippen LogP contribution in [0.15, 0.2) is 12.8 Å². The third kappa shape index (κ3) is 6.02. The van der Waals surface area contributed by atoms with Crippen LogP contribution >= 0.6 is 15.9 Å². The summed E-state index contributed by atoms with van der Waals surface area (Å²) >= 11 is 3.39. The summed E-state index contributed by atoms with van der Waals surface area (Å²) < 4.78 is 4.88. The van der Waals surface area contributed by atoms with Crippen LogP contribution in [-0.4, -0.2) is 11.4 Å². The number of alkyl halides is 1. The SMILES string of the molecule is C=COCCC(C)Br. The molecule has 0 rings (SSSR count). The van der Waals surface area contributed by atoms with Gasteiger partial charge in [0.1, 0.15) is 0 Å². The Hall–Kier alpha value is 0.0200. The third-order valence-electron chi connectivity index (χ3n) is 0.751. The predicted octanol–water partition coefficient (Wildman–Crippen LogP) is 2.32. The topological polar surface area (TPSA) is 9.23 Å². The Kier molecular flexibility index (Phi) is 5.18. The maximum atomic E-state index is 4.88. The average molecular weight is 179 g/mol. The summed E-state index contributed by atoms with van der Waals surface area (Å²) in [5.41, 5.74) is 0. The van der Waals surface area contributed by atoms with E-state index in [-0.39, 0.29) is 0 Å². The van der Waals surface area contributed by atoms with E-state index < -0.39 is 0 Å². The Balaban J connectivity index is 2.81. The van der Waals surface area contributed by atoms with Crippen molar-refractivity contribution in [1.82, 2.24) is 0 Å². The van der Waals surface area contributed by atoms with Gasteiger partial charge >= 0.3 is 0 Å². The first-order chi connectivity index (χ1) is 3.77. The zero-order valence-electron chi connectivity index (χ0n) is 5.06. The first kappa shape index (κ1) is 8.02. The van der Waals surface area contributed by atoms with E-state index >= 15 is 0 Å². The Morgan fingerprint density at radius 3 is 2.88 bits per heavy atom. The molecule has 0 aromatic carbocycles. The number of rotatable bonds is 4. The van der Waals surface area contributed by atoms with Gasteiger partial charge in [0, 0.05) is 4.83 Å². The van der Waals surface area contributed by atoms with Crippen molar-refractivity contribution in [3.05, 3.63) is 12.8 Å². The van der Waals surface area contributed by atoms with Crippen LogP contribution in [0.5, 0.6) is 0 Å². The van der Waals surface area contributed by atoms with Crippen LogP contribution in [0.1, 0.15) is 13.3 Å². The molecule has 1 nitrogen and oxygen atoms in total. The Labute approximate surface area is 58.9 Å². The number of hydrogen-bond donors (Lipinski definition) is 0. The van der Waals surface area contributed by atoms with E-state index in [1.807, 2.05) is 0 Å². The predicted molar refractivity (Wildman–Crippen MR) is 39.2 cm³/mol. The molecule has 48 valence electrons. The number of ether oxygens (including phenoxy) is 1. The van der Waals surface area contributed by atoms with Crippen LogP contribution in [0.4, 0.5) is 0 Å². The molecule has 0 amide bonds. The van der Waals surface area contributed by atoms with Crippen LogP contribution in [-0.2, 0) is 4.74 Å². The van der Waals surface area contributed by atoms with Crippen molar-refractivity contribution in [2.75, 3.05) is 6.61 Å². The van der Waals surface area contributed by atoms with Crippen molar-refractivity contribution in [3.8, 4) is 0 Å². The first-order valence-electron chi connectivity index (χ1n) is 2.64. The summed E-state index contributed by atoms with van der Waals surface area (Å²) in [6.45, 7) is 6.27. The molecule has 0 aromatic rings. The highest BCUT2D eigenvalue weighted by Crippen LogP contribution is 2.02. The second kappa shape index (κ2) is 5.16. The van der Waals surface area contributed by atoms with Gasteiger partial charge < -0.3 is 4.74 Å². The van der Waals surface area contributed by atoms with E-state index in [0.717, 1.165) is 13.0 Å². The zero-order valence-corrected chi connectivity index (χ0v) is 6.65. The summed E-state index contributed by atoms with van der Waals surface area (Å²) in [5, 5.41) is 0. The van der Waals surface area contributed by atoms with Gasteiger partial charge in [-0.3, -0.25) is 0 Å². The van der Waals surface area contributed by atoms with E-state index in [9.17, 15) is 0 Å². The molecular formula is C6H11BrO. The normalized spacial score (nSPS) is 12.8. The van der Waals surface area contributed by atoms with Crippen molar-refractivity contribution in [2.45, 2.75) is 18.2 Å². The fourth-order valence-corrected chi connectivity index (χ4v) is 0.501. The Bertz CT molecular complexity index is 61.5. The fraction of sp³-hybridized carbons (Fsp3) is 0.667. The van der Waals surface area contributed by atoms with Crippen molar-refractivity contribution >= 4 is 15.9 Å². The molecular weight excluding hydrogens is 168 g/mol. The molecule has 2 heteroatoms. The molecule has 0 fully saturated rings. The van der Waals surface area contributed by atoms with Gasteiger partial charge in [-0.25, -0.2) is 0 Å². The molecule has 1 atom stereocenters. The summed E-state index contributed by atoms with van der Waals surface area (Å²) in [6, 6.07) is 0. The highest BCUT2D eigenvalue weighted by molar-refractivity contribution is 9.09. The molecule has 0 aliphatic heterocycles. The number of hydrogen-bond acceptors (Lipinski definition) is 1. The maximum Gasteiger partial charge on any atom is 0.0883 e. The lowest BCUT2D eigenvalue weighted by molar-refractivity contribution is 0.247. The molecule has 0 spiro atoms. The summed E-state index contributed by atoms with van der Waals surface area (Å²) in [6.07, 6.45) is 2.50. The molecule has 0 aliphatic carbocycles. The highest BCUT2D eigenvalue weighted by atomic mass is 79.9. The minimum absolute atomic E-state index is 0.544. The zero-order chi connectivity index (χ0) is 6.41. The molecule has 0 radical (unpaired) electrons. The van der Waals surface area contributed by atoms with Gasteiger partial charge in [0.15, 0.2) is 0 Å². The standard InChI is InChI=1S/C6H11BrO/c1-3-8-5-4-6(2)7/h3,6H,1,4-5H2,2H3. The van der Waals surface area contributed by atoms with Gasteiger partial charge in [-0.1, -0.05) is 29.4 Å². The van der Waals surface area contributed by atoms with Gasteiger partial charge in [-0.15, -0.1) is 0 Å². The van der Waals surface area contributed by atoms with Gasteiger partial charge in [0.05, 0.1) is 12.9 Å². The van der Waals surface area contributed by atoms with Crippen LogP contribution < -0.4 is 0 Å². The molecule has 8 heavy (non-hydrogen) atoms. The minimum atomic E-state index is 0.544.